The van der Waals surface area contributed by atoms with Crippen molar-refractivity contribution >= 4 is 12.2 Å². The fourth-order valence-corrected chi connectivity index (χ4v) is 5.03. The number of cyclic esters (lactones) is 1. The number of benzene rings is 2. The van der Waals surface area contributed by atoms with Crippen LogP contribution in [0.2, 0.25) is 0 Å². The molecule has 5 rings (SSSR count). The minimum absolute atomic E-state index is 0.0663. The number of amides is 1. The second-order valence-electron chi connectivity index (χ2n) is 9.90. The average Bonchev–Trinajstić information content (AvgIpc) is 3.54. The quantitative estimate of drug-likeness (QED) is 0.336. The Bertz CT molecular complexity index is 1210. The molecule has 2 heterocycles. The van der Waals surface area contributed by atoms with E-state index >= 15 is 0 Å². The summed E-state index contributed by atoms with van der Waals surface area (Å²) < 4.78 is 6.97. The van der Waals surface area contributed by atoms with Crippen LogP contribution in [-0.2, 0) is 4.74 Å². The summed E-state index contributed by atoms with van der Waals surface area (Å²) >= 11 is 0. The molecule has 8 nitrogen and oxygen atoms in total. The number of rotatable bonds is 10. The summed E-state index contributed by atoms with van der Waals surface area (Å²) in [4.78, 5) is 15.3. The fourth-order valence-electron chi connectivity index (χ4n) is 5.03. The Morgan fingerprint density at radius 3 is 2.49 bits per heavy atom. The molecule has 8 heteroatoms. The Morgan fingerprint density at radius 2 is 1.86 bits per heavy atom. The first kappa shape index (κ1) is 25.2. The highest BCUT2D eigenvalue weighted by Gasteiger charge is 2.31. The van der Waals surface area contributed by atoms with Gasteiger partial charge in [-0.2, -0.15) is 0 Å². The van der Waals surface area contributed by atoms with E-state index in [2.05, 4.69) is 64.1 Å². The Hall–Kier alpha value is -3.46. The van der Waals surface area contributed by atoms with Gasteiger partial charge in [-0.05, 0) is 47.9 Å². The van der Waals surface area contributed by atoms with Crippen LogP contribution in [0.3, 0.4) is 0 Å². The highest BCUT2D eigenvalue weighted by atomic mass is 16.6. The third kappa shape index (κ3) is 5.93. The Balaban J connectivity index is 1.14. The minimum Gasteiger partial charge on any atom is -0.443 e. The Morgan fingerprint density at radius 1 is 1.16 bits per heavy atom. The van der Waals surface area contributed by atoms with E-state index in [1.165, 1.54) is 11.1 Å². The zero-order valence-electron chi connectivity index (χ0n) is 21.0. The van der Waals surface area contributed by atoms with Crippen molar-refractivity contribution in [2.24, 2.45) is 0 Å². The molecule has 194 valence electrons. The summed E-state index contributed by atoms with van der Waals surface area (Å²) in [6, 6.07) is 17.3. The molecule has 3 aromatic rings. The van der Waals surface area contributed by atoms with Crippen LogP contribution >= 0.6 is 0 Å². The lowest BCUT2D eigenvalue weighted by Crippen LogP contribution is -2.44. The standard InChI is InChI=1S/C29H34N4O4/c1-19(35)28-30-12-13-33(28)26(18-34)11-4-20-2-5-21(6-3-20)22-7-9-23(10-8-22)24-14-25(15-24)31-16-27-17-32-29(36)37-27/h2-13,19,24-27,31,34-35H,14-18H2,1H3,(H,32,36)/b11-4+/t19-,24?,25?,26-,27+/m0/s1. The SMILES string of the molecule is C[C@H](O)c1nccn1[C@@H](/C=C/c1ccc(-c2ccc(C3CC(NC[C@@H]4CNC(=O)O4)C3)cc2)cc1)CO. The van der Waals surface area contributed by atoms with Gasteiger partial charge in [-0.15, -0.1) is 0 Å². The number of aromatic nitrogens is 2. The van der Waals surface area contributed by atoms with Gasteiger partial charge < -0.3 is 30.2 Å². The van der Waals surface area contributed by atoms with Crippen molar-refractivity contribution in [3.05, 3.63) is 84.0 Å². The van der Waals surface area contributed by atoms with E-state index in [1.807, 2.05) is 12.2 Å². The van der Waals surface area contributed by atoms with E-state index in [-0.39, 0.29) is 24.8 Å². The van der Waals surface area contributed by atoms with Gasteiger partial charge in [0.15, 0.2) is 0 Å². The molecule has 3 atom stereocenters. The molecule has 0 unspecified atom stereocenters. The molecule has 2 aromatic carbocycles. The summed E-state index contributed by atoms with van der Waals surface area (Å²) in [6.45, 7) is 2.87. The second-order valence-corrected chi connectivity index (χ2v) is 9.90. The largest absolute Gasteiger partial charge is 0.443 e. The van der Waals surface area contributed by atoms with Crippen molar-refractivity contribution in [3.63, 3.8) is 0 Å². The van der Waals surface area contributed by atoms with Gasteiger partial charge in [0, 0.05) is 25.0 Å². The van der Waals surface area contributed by atoms with Crippen molar-refractivity contribution in [1.29, 1.82) is 0 Å². The van der Waals surface area contributed by atoms with Crippen LogP contribution in [0.25, 0.3) is 17.2 Å². The molecule has 0 spiro atoms. The van der Waals surface area contributed by atoms with Crippen LogP contribution in [0.5, 0.6) is 0 Å². The maximum absolute atomic E-state index is 11.1. The van der Waals surface area contributed by atoms with Crippen molar-refractivity contribution in [2.45, 2.75) is 50.0 Å². The van der Waals surface area contributed by atoms with Crippen molar-refractivity contribution < 1.29 is 19.7 Å². The van der Waals surface area contributed by atoms with Crippen LogP contribution in [0.15, 0.2) is 67.0 Å². The molecule has 1 amide bonds. The number of ether oxygens (including phenoxy) is 1. The van der Waals surface area contributed by atoms with E-state index in [0.717, 1.165) is 24.0 Å². The molecule has 0 bridgehead atoms. The zero-order chi connectivity index (χ0) is 25.8. The normalized spacial score (nSPS) is 22.9. The van der Waals surface area contributed by atoms with Gasteiger partial charge in [-0.1, -0.05) is 60.7 Å². The lowest BCUT2D eigenvalue weighted by Gasteiger charge is -2.37. The van der Waals surface area contributed by atoms with Crippen molar-refractivity contribution in [3.8, 4) is 11.1 Å². The first-order chi connectivity index (χ1) is 18.0. The summed E-state index contributed by atoms with van der Waals surface area (Å²) in [6.07, 6.45) is 8.42. The van der Waals surface area contributed by atoms with Gasteiger partial charge in [-0.25, -0.2) is 9.78 Å². The highest BCUT2D eigenvalue weighted by Crippen LogP contribution is 2.37. The number of alkyl carbamates (subject to hydrolysis) is 1. The van der Waals surface area contributed by atoms with Gasteiger partial charge in [0.2, 0.25) is 0 Å². The second kappa shape index (κ2) is 11.3. The van der Waals surface area contributed by atoms with E-state index in [4.69, 9.17) is 4.74 Å². The lowest BCUT2D eigenvalue weighted by atomic mass is 9.75. The van der Waals surface area contributed by atoms with Gasteiger partial charge in [0.1, 0.15) is 18.0 Å². The number of hydrogen-bond donors (Lipinski definition) is 4. The summed E-state index contributed by atoms with van der Waals surface area (Å²) in [7, 11) is 0. The summed E-state index contributed by atoms with van der Waals surface area (Å²) in [5.74, 6) is 1.10. The fraction of sp³-hybridized carbons (Fsp3) is 0.379. The van der Waals surface area contributed by atoms with E-state index in [9.17, 15) is 15.0 Å². The molecule has 2 fully saturated rings. The Labute approximate surface area is 217 Å². The van der Waals surface area contributed by atoms with Crippen LogP contribution in [0, 0.1) is 0 Å². The number of aliphatic hydroxyl groups excluding tert-OH is 2. The number of nitrogens with one attached hydrogen (secondary N) is 2. The molecule has 1 saturated carbocycles. The molecule has 2 aliphatic rings. The predicted molar refractivity (Wildman–Crippen MR) is 142 cm³/mol. The summed E-state index contributed by atoms with van der Waals surface area (Å²) in [5.41, 5.74) is 4.73. The zero-order valence-corrected chi connectivity index (χ0v) is 21.0. The van der Waals surface area contributed by atoms with E-state index in [1.54, 1.807) is 23.9 Å². The number of carbonyl (C=O) groups excluding carboxylic acids is 1. The highest BCUT2D eigenvalue weighted by molar-refractivity contribution is 5.69. The number of aliphatic hydroxyl groups is 2. The first-order valence-electron chi connectivity index (χ1n) is 12.9. The topological polar surface area (TPSA) is 109 Å². The maximum Gasteiger partial charge on any atom is 0.407 e. The summed E-state index contributed by atoms with van der Waals surface area (Å²) in [5, 5.41) is 25.9. The lowest BCUT2D eigenvalue weighted by molar-refractivity contribution is 0.133. The van der Waals surface area contributed by atoms with Crippen LogP contribution in [0.1, 0.15) is 54.8 Å². The Kier molecular flexibility index (Phi) is 7.69. The van der Waals surface area contributed by atoms with Crippen LogP contribution in [-0.4, -0.2) is 57.7 Å². The maximum atomic E-state index is 11.1. The average molecular weight is 503 g/mol. The van der Waals surface area contributed by atoms with Gasteiger partial charge in [-0.3, -0.25) is 0 Å². The molecular formula is C29H34N4O4. The van der Waals surface area contributed by atoms with E-state index < -0.39 is 6.10 Å². The number of carbonyl (C=O) groups is 1. The third-order valence-corrected chi connectivity index (χ3v) is 7.27. The van der Waals surface area contributed by atoms with Crippen LogP contribution < -0.4 is 10.6 Å². The van der Waals surface area contributed by atoms with Crippen molar-refractivity contribution in [1.82, 2.24) is 20.2 Å². The van der Waals surface area contributed by atoms with Gasteiger partial charge >= 0.3 is 6.09 Å². The molecule has 1 saturated heterocycles. The predicted octanol–water partition coefficient (Wildman–Crippen LogP) is 3.79. The molecule has 1 aliphatic heterocycles. The molecule has 4 N–H and O–H groups in total. The van der Waals surface area contributed by atoms with Crippen LogP contribution in [0.4, 0.5) is 4.79 Å². The number of nitrogens with zero attached hydrogens (tertiary/aromatic N) is 2. The van der Waals surface area contributed by atoms with E-state index in [0.29, 0.717) is 30.9 Å². The molecular weight excluding hydrogens is 468 g/mol. The first-order valence-corrected chi connectivity index (χ1v) is 12.9. The minimum atomic E-state index is -0.701. The smallest absolute Gasteiger partial charge is 0.407 e. The molecule has 1 aliphatic carbocycles. The monoisotopic (exact) mass is 502 g/mol. The van der Waals surface area contributed by atoms with Crippen molar-refractivity contribution in [2.75, 3.05) is 19.7 Å². The molecule has 37 heavy (non-hydrogen) atoms. The van der Waals surface area contributed by atoms with Gasteiger partial charge in [0.25, 0.3) is 0 Å². The van der Waals surface area contributed by atoms with Gasteiger partial charge in [0.05, 0.1) is 19.2 Å². The molecule has 0 radical (unpaired) electrons. The third-order valence-electron chi connectivity index (χ3n) is 7.27. The number of hydrogen-bond acceptors (Lipinski definition) is 6. The number of imidazole rings is 1. The molecule has 1 aromatic heterocycles.